The summed E-state index contributed by atoms with van der Waals surface area (Å²) in [6.07, 6.45) is 18.3. The first-order valence-electron chi connectivity index (χ1n) is 27.6. The van der Waals surface area contributed by atoms with Crippen molar-refractivity contribution < 1.29 is 37.1 Å². The third-order valence-electron chi connectivity index (χ3n) is 15.3. The van der Waals surface area contributed by atoms with Gasteiger partial charge in [-0.1, -0.05) is 63.1 Å². The molecule has 23 heteroatoms. The minimum Gasteiger partial charge on any atom is -0.494 e. The molecule has 4 aliphatic rings. The lowest BCUT2D eigenvalue weighted by atomic mass is 9.99. The molecule has 1 unspecified atom stereocenters. The molecule has 79 heavy (non-hydrogen) atoms. The average Bonchev–Trinajstić information content (AvgIpc) is 3.95. The van der Waals surface area contributed by atoms with Crippen LogP contribution in [-0.2, 0) is 37.4 Å². The number of aromatic nitrogens is 4. The number of halogens is 1. The number of piperazine rings is 1. The minimum atomic E-state index is -3.67. The molecular weight excluding hydrogens is 1050 g/mol. The van der Waals surface area contributed by atoms with Crippen LogP contribution < -0.4 is 40.4 Å². The average molecular weight is 1120 g/mol. The van der Waals surface area contributed by atoms with Crippen LogP contribution in [0.15, 0.2) is 61.1 Å². The maximum absolute atomic E-state index is 13.1. The van der Waals surface area contributed by atoms with Gasteiger partial charge in [-0.15, -0.1) is 0 Å². The van der Waals surface area contributed by atoms with Crippen LogP contribution >= 0.6 is 11.6 Å². The van der Waals surface area contributed by atoms with E-state index in [1.807, 2.05) is 0 Å². The smallest absolute Gasteiger partial charge is 0.257 e. The number of nitrogens with zero attached hydrogens (tertiary/aromatic N) is 8. The van der Waals surface area contributed by atoms with Gasteiger partial charge in [-0.3, -0.25) is 44.1 Å². The number of piperidine rings is 2. The van der Waals surface area contributed by atoms with E-state index in [9.17, 15) is 27.6 Å². The number of methoxy groups -OCH3 is 1. The van der Waals surface area contributed by atoms with Crippen molar-refractivity contribution in [3.8, 4) is 11.5 Å². The van der Waals surface area contributed by atoms with Crippen molar-refractivity contribution in [1.82, 2.24) is 45.3 Å². The molecule has 3 aromatic carbocycles. The lowest BCUT2D eigenvalue weighted by Crippen LogP contribution is -2.53. The molecular formula is C56H72ClN13O8S. The van der Waals surface area contributed by atoms with Gasteiger partial charge in [0.1, 0.15) is 28.1 Å². The van der Waals surface area contributed by atoms with Crippen LogP contribution in [0, 0.1) is 0 Å². The van der Waals surface area contributed by atoms with E-state index in [-0.39, 0.29) is 66.2 Å². The van der Waals surface area contributed by atoms with Crippen LogP contribution in [-0.4, -0.2) is 151 Å². The maximum Gasteiger partial charge on any atom is 0.257 e. The summed E-state index contributed by atoms with van der Waals surface area (Å²) >= 11 is 6.58. The number of fused-ring (bicyclic) bond motifs is 2. The molecule has 2 aromatic heterocycles. The molecule has 0 saturated carbocycles. The standard InChI is InChI=1S/C56H72ClN13O8S/c1-4-37-32-44(63-56-61-34-41(57)53(65-56)62-43-17-16-42-51(60-24-23-58-42)52(43)66-79(3,75)76)48(77-2)33-46(37)69-26-20-38(21-27-69)68-30-28-67(29-31-68)25-12-10-8-6-5-7-9-11-22-59-50(72)36-78-47-15-13-14-39-40(47)35-70(55(39)74)45-18-19-49(71)64-54(45)73/h13-17,23-24,32-34,38,45,66H,4-12,18-22,25-31,35-36H2,1-3H3,(H,59,72)(H,64,71,73)(H2,61,62,63,65). The predicted molar refractivity (Wildman–Crippen MR) is 305 cm³/mol. The number of sulfonamides is 1. The van der Waals surface area contributed by atoms with Gasteiger partial charge in [-0.05, 0) is 81.0 Å². The van der Waals surface area contributed by atoms with Crippen LogP contribution in [0.2, 0.25) is 5.02 Å². The normalized spacial score (nSPS) is 17.4. The first-order chi connectivity index (χ1) is 38.2. The highest BCUT2D eigenvalue weighted by Gasteiger charge is 2.40. The Labute approximate surface area is 467 Å². The van der Waals surface area contributed by atoms with Gasteiger partial charge < -0.3 is 40.1 Å². The third kappa shape index (κ3) is 14.5. The van der Waals surface area contributed by atoms with Gasteiger partial charge in [-0.25, -0.2) is 13.4 Å². The summed E-state index contributed by atoms with van der Waals surface area (Å²) in [6.45, 7) is 10.3. The molecule has 0 aliphatic carbocycles. The Bertz CT molecular complexity index is 3120. The Hall–Kier alpha value is -6.88. The zero-order valence-electron chi connectivity index (χ0n) is 45.3. The van der Waals surface area contributed by atoms with Gasteiger partial charge >= 0.3 is 0 Å². The second-order valence-corrected chi connectivity index (χ2v) is 22.9. The summed E-state index contributed by atoms with van der Waals surface area (Å²) in [5, 5.41) is 12.0. The quantitative estimate of drug-likeness (QED) is 0.0287. The number of amides is 4. The summed E-state index contributed by atoms with van der Waals surface area (Å²) in [6, 6.07) is 12.6. The van der Waals surface area contributed by atoms with Crippen molar-refractivity contribution in [2.24, 2.45) is 0 Å². The Kier molecular flexibility index (Phi) is 19.0. The number of imide groups is 1. The number of unbranched alkanes of at least 4 members (excludes halogenated alkanes) is 7. The number of aryl methyl sites for hydroxylation is 1. The number of carbonyl (C=O) groups is 4. The molecule has 6 heterocycles. The molecule has 5 N–H and O–H groups in total. The highest BCUT2D eigenvalue weighted by Crippen LogP contribution is 2.39. The van der Waals surface area contributed by atoms with Gasteiger partial charge in [0.25, 0.3) is 11.8 Å². The van der Waals surface area contributed by atoms with E-state index < -0.39 is 22.0 Å². The van der Waals surface area contributed by atoms with Crippen LogP contribution in [0.1, 0.15) is 105 Å². The Balaban J connectivity index is 0.638. The number of anilines is 6. The Morgan fingerprint density at radius 3 is 2.33 bits per heavy atom. The summed E-state index contributed by atoms with van der Waals surface area (Å²) in [7, 11) is -2.02. The van der Waals surface area contributed by atoms with Crippen molar-refractivity contribution in [2.45, 2.75) is 109 Å². The lowest BCUT2D eigenvalue weighted by Gasteiger charge is -2.43. The zero-order valence-corrected chi connectivity index (χ0v) is 46.9. The highest BCUT2D eigenvalue weighted by atomic mass is 35.5. The fraction of sp³-hybridized carbons (Fsp3) is 0.500. The molecule has 21 nitrogen and oxygen atoms in total. The first kappa shape index (κ1) is 56.8. The summed E-state index contributed by atoms with van der Waals surface area (Å²) in [5.74, 6) is 0.352. The van der Waals surface area contributed by atoms with E-state index in [2.05, 4.69) is 79.7 Å². The van der Waals surface area contributed by atoms with Crippen molar-refractivity contribution in [3.63, 3.8) is 0 Å². The van der Waals surface area contributed by atoms with Gasteiger partial charge in [0.15, 0.2) is 12.4 Å². The van der Waals surface area contributed by atoms with Crippen molar-refractivity contribution in [2.75, 3.05) is 92.6 Å². The van der Waals surface area contributed by atoms with Gasteiger partial charge in [-0.2, -0.15) is 4.98 Å². The monoisotopic (exact) mass is 1120 g/mol. The SMILES string of the molecule is CCc1cc(Nc2ncc(Cl)c(Nc3ccc4nccnc4c3NS(C)(=O)=O)n2)c(OC)cc1N1CCC(N2CCN(CCCCCCCCCCNC(=O)COc3cccc4c3CN(C3CCC(=O)NC3=O)C4=O)CC2)CC1. The van der Waals surface area contributed by atoms with Gasteiger partial charge in [0, 0.05) is 93.6 Å². The first-order valence-corrected chi connectivity index (χ1v) is 29.9. The second kappa shape index (κ2) is 26.4. The number of hydrogen-bond donors (Lipinski definition) is 5. The molecule has 422 valence electrons. The molecule has 4 aliphatic heterocycles. The van der Waals surface area contributed by atoms with E-state index in [0.717, 1.165) is 90.6 Å². The Morgan fingerprint density at radius 1 is 0.848 bits per heavy atom. The van der Waals surface area contributed by atoms with Gasteiger partial charge in [0.2, 0.25) is 27.8 Å². The molecule has 1 atom stereocenters. The van der Waals surface area contributed by atoms with Crippen molar-refractivity contribution in [3.05, 3.63) is 82.8 Å². The predicted octanol–water partition coefficient (Wildman–Crippen LogP) is 7.17. The summed E-state index contributed by atoms with van der Waals surface area (Å²) in [4.78, 5) is 76.8. The van der Waals surface area contributed by atoms with Crippen LogP contribution in [0.5, 0.6) is 11.5 Å². The maximum atomic E-state index is 13.1. The third-order valence-corrected chi connectivity index (χ3v) is 16.2. The van der Waals surface area contributed by atoms with Gasteiger partial charge in [0.05, 0.1) is 48.7 Å². The van der Waals surface area contributed by atoms with E-state index in [4.69, 9.17) is 21.1 Å². The van der Waals surface area contributed by atoms with Crippen LogP contribution in [0.25, 0.3) is 11.0 Å². The minimum absolute atomic E-state index is 0.160. The molecule has 0 bridgehead atoms. The number of rotatable bonds is 25. The summed E-state index contributed by atoms with van der Waals surface area (Å²) < 4.78 is 39.1. The number of ether oxygens (including phenoxy) is 2. The number of nitrogens with one attached hydrogen (secondary N) is 5. The fourth-order valence-electron chi connectivity index (χ4n) is 11.1. The van der Waals surface area contributed by atoms with E-state index in [0.29, 0.717) is 57.6 Å². The second-order valence-electron chi connectivity index (χ2n) is 20.7. The molecule has 0 spiro atoms. The topological polar surface area (TPSA) is 246 Å². The zero-order chi connectivity index (χ0) is 55.5. The largest absolute Gasteiger partial charge is 0.494 e. The van der Waals surface area contributed by atoms with Crippen LogP contribution in [0.4, 0.5) is 34.5 Å². The van der Waals surface area contributed by atoms with E-state index in [1.165, 1.54) is 66.8 Å². The molecule has 9 rings (SSSR count). The number of hydrogen-bond acceptors (Lipinski definition) is 17. The Morgan fingerprint density at radius 2 is 1.59 bits per heavy atom. The molecule has 3 fully saturated rings. The van der Waals surface area contributed by atoms with Crippen molar-refractivity contribution >= 4 is 90.8 Å². The van der Waals surface area contributed by atoms with Crippen molar-refractivity contribution in [1.29, 1.82) is 0 Å². The lowest BCUT2D eigenvalue weighted by molar-refractivity contribution is -0.137. The van der Waals surface area contributed by atoms with Crippen LogP contribution in [0.3, 0.4) is 0 Å². The molecule has 0 radical (unpaired) electrons. The van der Waals surface area contributed by atoms with E-state index >= 15 is 0 Å². The fourth-order valence-corrected chi connectivity index (χ4v) is 11.8. The molecule has 3 saturated heterocycles. The number of carbonyl (C=O) groups excluding carboxylic acids is 4. The summed E-state index contributed by atoms with van der Waals surface area (Å²) in [5.41, 5.74) is 5.65. The number of benzene rings is 3. The highest BCUT2D eigenvalue weighted by molar-refractivity contribution is 7.92. The molecule has 4 amide bonds. The molecule has 5 aromatic rings. The van der Waals surface area contributed by atoms with E-state index in [1.54, 1.807) is 37.4 Å².